The lowest BCUT2D eigenvalue weighted by molar-refractivity contribution is -0.386. The molecule has 0 amide bonds. The Balaban J connectivity index is 1.79. The average molecular weight is 703 g/mol. The molecule has 23 nitrogen and oxygen atoms in total. The molecule has 0 aromatic heterocycles. The van der Waals surface area contributed by atoms with Gasteiger partial charge in [0.2, 0.25) is 0 Å². The van der Waals surface area contributed by atoms with Gasteiger partial charge in [-0.1, -0.05) is 0 Å². The van der Waals surface area contributed by atoms with Crippen LogP contribution in [-0.4, -0.2) is 220 Å². The highest BCUT2D eigenvalue weighted by molar-refractivity contribution is 7.87. The minimum atomic E-state index is -3.54. The van der Waals surface area contributed by atoms with Gasteiger partial charge in [-0.25, -0.2) is 0 Å². The van der Waals surface area contributed by atoms with E-state index in [9.17, 15) is 85.9 Å². The van der Waals surface area contributed by atoms with Crippen LogP contribution in [0.2, 0.25) is 0 Å². The summed E-state index contributed by atoms with van der Waals surface area (Å²) >= 11 is 0. The van der Waals surface area contributed by atoms with Gasteiger partial charge in [-0.05, 0) is 0 Å². The molecule has 46 heavy (non-hydrogen) atoms. The zero-order chi connectivity index (χ0) is 34.6. The molecule has 4 fully saturated rings. The third-order valence-corrected chi connectivity index (χ3v) is 10.3. The SMILES string of the molecule is O=S([C@@]1(CO)O[C@@H](O)[C@H](O)[C@H](O)[C@@H]1O[C@@H]1O[C@H](O)[C@@H](O)[C@H](O)[C@H]1O)[C@@]1(CO)O[C@@H](O)[C@H](O)[C@H](O)[C@@H]1O[C@@H]1O[C@H](O)[C@@H](O)[C@H](O)[C@H]1O. The monoisotopic (exact) mass is 702 g/mol. The highest BCUT2D eigenvalue weighted by atomic mass is 32.2. The van der Waals surface area contributed by atoms with E-state index in [2.05, 4.69) is 0 Å². The Hall–Kier alpha value is -0.730. The largest absolute Gasteiger partial charge is 0.392 e. The van der Waals surface area contributed by atoms with Gasteiger partial charge in [0.25, 0.3) is 0 Å². The van der Waals surface area contributed by atoms with Crippen molar-refractivity contribution >= 4 is 10.8 Å². The van der Waals surface area contributed by atoms with Crippen molar-refractivity contribution in [2.45, 2.75) is 121 Å². The second-order valence-electron chi connectivity index (χ2n) is 11.0. The summed E-state index contributed by atoms with van der Waals surface area (Å²) < 4.78 is 45.5. The Morgan fingerprint density at radius 1 is 0.457 bits per heavy atom. The molecule has 0 aliphatic carbocycles. The van der Waals surface area contributed by atoms with E-state index in [1.807, 2.05) is 0 Å². The maximum atomic E-state index is 14.6. The van der Waals surface area contributed by atoms with Gasteiger partial charge in [0.1, 0.15) is 73.2 Å². The van der Waals surface area contributed by atoms with Gasteiger partial charge in [-0.15, -0.1) is 0 Å². The van der Waals surface area contributed by atoms with Gasteiger partial charge in [-0.2, -0.15) is 0 Å². The lowest BCUT2D eigenvalue weighted by atomic mass is 9.97. The van der Waals surface area contributed by atoms with Crippen LogP contribution < -0.4 is 0 Å². The Kier molecular flexibility index (Phi) is 11.8. The molecule has 0 radical (unpaired) electrons. The van der Waals surface area contributed by atoms with Gasteiger partial charge < -0.3 is 110 Å². The van der Waals surface area contributed by atoms with Crippen molar-refractivity contribution in [1.82, 2.24) is 0 Å². The second-order valence-corrected chi connectivity index (χ2v) is 13.0. The van der Waals surface area contributed by atoms with Gasteiger partial charge in [0.15, 0.2) is 47.6 Å². The van der Waals surface area contributed by atoms with Crippen molar-refractivity contribution in [1.29, 1.82) is 0 Å². The normalized spacial score (nSPS) is 55.4. The van der Waals surface area contributed by atoms with Crippen LogP contribution in [0.25, 0.3) is 0 Å². The molecule has 4 heterocycles. The number of rotatable bonds is 8. The zero-order valence-corrected chi connectivity index (χ0v) is 24.0. The molecular formula is C22H38O23S. The minimum absolute atomic E-state index is 1.67. The average Bonchev–Trinajstić information content (AvgIpc) is 3.03. The molecule has 4 aliphatic rings. The fourth-order valence-electron chi connectivity index (χ4n) is 5.40. The van der Waals surface area contributed by atoms with E-state index in [1.54, 1.807) is 0 Å². The van der Waals surface area contributed by atoms with Crippen LogP contribution in [0.1, 0.15) is 0 Å². The highest BCUT2D eigenvalue weighted by Gasteiger charge is 2.69. The number of aliphatic hydroxyl groups is 16. The first-order valence-electron chi connectivity index (χ1n) is 13.5. The third kappa shape index (κ3) is 6.24. The fraction of sp³-hybridized carbons (Fsp3) is 1.00. The Morgan fingerprint density at radius 2 is 0.761 bits per heavy atom. The molecule has 0 spiro atoms. The summed E-state index contributed by atoms with van der Waals surface area (Å²) in [5.41, 5.74) is 0. The topological polar surface area (TPSA) is 396 Å². The molecule has 20 atom stereocenters. The second kappa shape index (κ2) is 14.2. The number of ether oxygens (including phenoxy) is 6. The summed E-state index contributed by atoms with van der Waals surface area (Å²) in [4.78, 5) is -6.44. The van der Waals surface area contributed by atoms with E-state index in [1.165, 1.54) is 0 Å². The quantitative estimate of drug-likeness (QED) is 0.112. The predicted octanol–water partition coefficient (Wildman–Crippen LogP) is -11.5. The van der Waals surface area contributed by atoms with E-state index in [0.717, 1.165) is 0 Å². The Morgan fingerprint density at radius 3 is 1.07 bits per heavy atom. The summed E-state index contributed by atoms with van der Waals surface area (Å²) in [5, 5.41) is 165. The van der Waals surface area contributed by atoms with E-state index >= 15 is 0 Å². The van der Waals surface area contributed by atoms with Crippen LogP contribution in [0.4, 0.5) is 0 Å². The predicted molar refractivity (Wildman–Crippen MR) is 134 cm³/mol. The standard InChI is InChI=1S/C22H38O23S/c23-1-21(13(5(27)9(31)17(37)44-21)40-19-11(33)3(25)7(29)15(35)42-19)46(39)22(2-24)14(6(28)10(32)18(38)45-22)41-20-12(34)4(26)8(30)16(36)43-20/h3-20,23-38H,1-2H2/t3-,4-,5-,6-,7-,8-,9+,10+,11+,12+,13-,14-,15-,16-,17+,18+,19+,20+,21+,22+/m0/s1. The van der Waals surface area contributed by atoms with Crippen molar-refractivity contribution in [2.75, 3.05) is 13.2 Å². The molecule has 4 saturated heterocycles. The van der Waals surface area contributed by atoms with Crippen molar-refractivity contribution in [2.24, 2.45) is 0 Å². The first-order chi connectivity index (χ1) is 21.4. The van der Waals surface area contributed by atoms with Gasteiger partial charge in [0.05, 0.1) is 24.0 Å². The zero-order valence-electron chi connectivity index (χ0n) is 23.2. The maximum absolute atomic E-state index is 14.6. The van der Waals surface area contributed by atoms with Gasteiger partial charge in [0, 0.05) is 0 Å². The smallest absolute Gasteiger partial charge is 0.200 e. The summed E-state index contributed by atoms with van der Waals surface area (Å²) in [6, 6.07) is 0. The van der Waals surface area contributed by atoms with Crippen LogP contribution in [0.5, 0.6) is 0 Å². The summed E-state index contributed by atoms with van der Waals surface area (Å²) in [5.74, 6) is 0. The van der Waals surface area contributed by atoms with Crippen molar-refractivity contribution in [3.05, 3.63) is 0 Å². The first kappa shape index (κ1) is 38.1. The number of hydrogen-bond acceptors (Lipinski definition) is 23. The van der Waals surface area contributed by atoms with Crippen molar-refractivity contribution in [3.63, 3.8) is 0 Å². The summed E-state index contributed by atoms with van der Waals surface area (Å²) in [6.45, 7) is -3.33. The van der Waals surface area contributed by atoms with Crippen LogP contribution in [-0.2, 0) is 39.2 Å². The lowest BCUT2D eigenvalue weighted by Gasteiger charge is -2.55. The fourth-order valence-corrected chi connectivity index (χ4v) is 7.41. The van der Waals surface area contributed by atoms with Crippen LogP contribution in [0.3, 0.4) is 0 Å². The first-order valence-corrected chi connectivity index (χ1v) is 14.7. The van der Waals surface area contributed by atoms with E-state index in [-0.39, 0.29) is 0 Å². The Labute approximate surface area is 259 Å². The summed E-state index contributed by atoms with van der Waals surface area (Å²) in [6.07, 6.45) is -42.0. The Bertz CT molecular complexity index is 981. The lowest BCUT2D eigenvalue weighted by Crippen LogP contribution is -2.77. The molecule has 16 N–H and O–H groups in total. The van der Waals surface area contributed by atoms with Crippen LogP contribution >= 0.6 is 0 Å². The minimum Gasteiger partial charge on any atom is -0.392 e. The molecule has 0 bridgehead atoms. The molecule has 0 unspecified atom stereocenters. The van der Waals surface area contributed by atoms with E-state index < -0.39 is 145 Å². The molecule has 0 aromatic carbocycles. The van der Waals surface area contributed by atoms with Crippen molar-refractivity contribution < 1.29 is 114 Å². The molecular weight excluding hydrogens is 664 g/mol. The number of hydrogen-bond donors (Lipinski definition) is 16. The molecule has 24 heteroatoms. The van der Waals surface area contributed by atoms with Crippen LogP contribution in [0, 0.1) is 0 Å². The van der Waals surface area contributed by atoms with Crippen LogP contribution in [0.15, 0.2) is 0 Å². The number of aliphatic hydroxyl groups excluding tert-OH is 16. The molecule has 4 aliphatic heterocycles. The highest BCUT2D eigenvalue weighted by Crippen LogP contribution is 2.45. The summed E-state index contributed by atoms with van der Waals surface area (Å²) in [7, 11) is -3.54. The van der Waals surface area contributed by atoms with Crippen molar-refractivity contribution in [3.8, 4) is 0 Å². The van der Waals surface area contributed by atoms with E-state index in [4.69, 9.17) is 28.4 Å². The molecule has 270 valence electrons. The van der Waals surface area contributed by atoms with Gasteiger partial charge >= 0.3 is 0 Å². The molecule has 0 saturated carbocycles. The molecule has 0 aromatic rings. The maximum Gasteiger partial charge on any atom is 0.200 e. The van der Waals surface area contributed by atoms with E-state index in [0.29, 0.717) is 0 Å². The molecule has 4 rings (SSSR count). The van der Waals surface area contributed by atoms with Gasteiger partial charge in [-0.3, -0.25) is 4.21 Å². The third-order valence-electron chi connectivity index (χ3n) is 8.13.